The third-order valence-corrected chi connectivity index (χ3v) is 4.81. The van der Waals surface area contributed by atoms with Crippen LogP contribution < -0.4 is 9.47 Å². The first-order valence-electron chi connectivity index (χ1n) is 8.13. The van der Waals surface area contributed by atoms with Crippen molar-refractivity contribution in [1.82, 2.24) is 0 Å². The molecule has 1 N–H and O–H groups in total. The Labute approximate surface area is 195 Å². The first-order valence-corrected chi connectivity index (χ1v) is 10.5. The number of methoxy groups -OCH3 is 1. The molecule has 154 valence electrons. The molecular weight excluding hydrogens is 551 g/mol. The van der Waals surface area contributed by atoms with Crippen LogP contribution in [0.15, 0.2) is 52.1 Å². The van der Waals surface area contributed by atoms with Crippen LogP contribution in [-0.4, -0.2) is 24.8 Å². The molecule has 0 heterocycles. The Morgan fingerprint density at radius 3 is 2.38 bits per heavy atom. The summed E-state index contributed by atoms with van der Waals surface area (Å²) in [5.41, 5.74) is 1.18. The molecule has 0 atom stereocenters. The second-order valence-electron chi connectivity index (χ2n) is 5.54. The van der Waals surface area contributed by atoms with E-state index in [0.717, 1.165) is 3.39 Å². The van der Waals surface area contributed by atoms with Gasteiger partial charge in [0.05, 0.1) is 26.8 Å². The van der Waals surface area contributed by atoms with E-state index in [1.54, 1.807) is 42.5 Å². The van der Waals surface area contributed by atoms with E-state index in [4.69, 9.17) is 37.4 Å². The molecule has 0 aliphatic rings. The summed E-state index contributed by atoms with van der Waals surface area (Å²) < 4.78 is 17.0. The monoisotopic (exact) mass is 564 g/mol. The Morgan fingerprint density at radius 2 is 1.79 bits per heavy atom. The Morgan fingerprint density at radius 1 is 1.14 bits per heavy atom. The first kappa shape index (κ1) is 23.6. The van der Waals surface area contributed by atoms with Crippen LogP contribution in [0.4, 0.5) is 0 Å². The van der Waals surface area contributed by atoms with Crippen molar-refractivity contribution in [2.24, 2.45) is 0 Å². The van der Waals surface area contributed by atoms with Gasteiger partial charge in [0.1, 0.15) is 24.5 Å². The van der Waals surface area contributed by atoms with E-state index in [9.17, 15) is 9.90 Å². The molecule has 2 aromatic rings. The summed E-state index contributed by atoms with van der Waals surface area (Å²) in [6, 6.07) is 10.2. The fourth-order valence-electron chi connectivity index (χ4n) is 2.36. The van der Waals surface area contributed by atoms with E-state index < -0.39 is 5.97 Å². The number of carboxylic acids is 1. The maximum Gasteiger partial charge on any atom is 0.339 e. The molecular formula is C20H16Br2Cl2O5. The number of hydrogen-bond acceptors (Lipinski definition) is 4. The van der Waals surface area contributed by atoms with Gasteiger partial charge in [-0.3, -0.25) is 0 Å². The van der Waals surface area contributed by atoms with Gasteiger partial charge in [0, 0.05) is 12.1 Å². The second kappa shape index (κ2) is 11.5. The van der Waals surface area contributed by atoms with Crippen LogP contribution in [0.3, 0.4) is 0 Å². The number of halogens is 4. The Bertz CT molecular complexity index is 917. The van der Waals surface area contributed by atoms with Crippen LogP contribution in [0.5, 0.6) is 11.5 Å². The van der Waals surface area contributed by atoms with Gasteiger partial charge in [0.25, 0.3) is 0 Å². The highest BCUT2D eigenvalue weighted by molar-refractivity contribution is 9.28. The maximum absolute atomic E-state index is 11.5. The molecule has 29 heavy (non-hydrogen) atoms. The van der Waals surface area contributed by atoms with Gasteiger partial charge in [-0.2, -0.15) is 0 Å². The van der Waals surface area contributed by atoms with Crippen LogP contribution in [-0.2, 0) is 16.1 Å². The number of aliphatic carboxylic acids is 1. The molecule has 0 aromatic heterocycles. The number of benzene rings is 2. The summed E-state index contributed by atoms with van der Waals surface area (Å²) in [5.74, 6) is -0.335. The summed E-state index contributed by atoms with van der Waals surface area (Å²) in [6.07, 6.45) is 2.93. The molecule has 2 aromatic carbocycles. The standard InChI is InChI=1S/C20H16Br2Cl2O5/c1-27-11-15(20(25)26)14-5-3-2-4-12(14)10-29-13-8-16(23)19(17(24)9-13)28-7-6-18(21)22/h2-6,8-9,11H,7,10H2,1H3,(H,25,26)/b15-11+. The largest absolute Gasteiger partial charge is 0.503 e. The summed E-state index contributed by atoms with van der Waals surface area (Å²) in [7, 11) is 1.39. The summed E-state index contributed by atoms with van der Waals surface area (Å²) in [6.45, 7) is 0.374. The molecule has 0 spiro atoms. The molecule has 9 heteroatoms. The van der Waals surface area contributed by atoms with Crippen molar-refractivity contribution in [2.45, 2.75) is 6.61 Å². The molecule has 0 amide bonds. The van der Waals surface area contributed by atoms with Crippen molar-refractivity contribution in [1.29, 1.82) is 0 Å². The lowest BCUT2D eigenvalue weighted by atomic mass is 10.0. The smallest absolute Gasteiger partial charge is 0.339 e. The highest BCUT2D eigenvalue weighted by atomic mass is 79.9. The molecule has 0 bridgehead atoms. The number of rotatable bonds is 9. The minimum Gasteiger partial charge on any atom is -0.503 e. The lowest BCUT2D eigenvalue weighted by Crippen LogP contribution is -2.06. The summed E-state index contributed by atoms with van der Waals surface area (Å²) in [5, 5.41) is 10.0. The fourth-order valence-corrected chi connectivity index (χ4v) is 3.20. The summed E-state index contributed by atoms with van der Waals surface area (Å²) >= 11 is 19.0. The molecule has 0 saturated heterocycles. The van der Waals surface area contributed by atoms with Crippen LogP contribution in [0.1, 0.15) is 11.1 Å². The quantitative estimate of drug-likeness (QED) is 0.272. The average Bonchev–Trinajstić information content (AvgIpc) is 2.66. The Balaban J connectivity index is 2.20. The fraction of sp³-hybridized carbons (Fsp3) is 0.150. The first-order chi connectivity index (χ1) is 13.8. The van der Waals surface area contributed by atoms with Crippen molar-refractivity contribution < 1.29 is 24.1 Å². The molecule has 5 nitrogen and oxygen atoms in total. The van der Waals surface area contributed by atoms with Crippen molar-refractivity contribution in [3.63, 3.8) is 0 Å². The van der Waals surface area contributed by atoms with Crippen molar-refractivity contribution in [3.05, 3.63) is 73.3 Å². The molecule has 0 saturated carbocycles. The topological polar surface area (TPSA) is 65.0 Å². The van der Waals surface area contributed by atoms with Crippen LogP contribution in [0.2, 0.25) is 10.0 Å². The minimum atomic E-state index is -1.10. The van der Waals surface area contributed by atoms with Crippen molar-refractivity contribution in [2.75, 3.05) is 13.7 Å². The van der Waals surface area contributed by atoms with Crippen molar-refractivity contribution >= 4 is 66.6 Å². The molecule has 0 fully saturated rings. The van der Waals surface area contributed by atoms with E-state index in [1.165, 1.54) is 13.4 Å². The molecule has 0 aliphatic heterocycles. The maximum atomic E-state index is 11.5. The van der Waals surface area contributed by atoms with Crippen LogP contribution in [0.25, 0.3) is 5.57 Å². The third-order valence-electron chi connectivity index (χ3n) is 3.61. The zero-order valence-electron chi connectivity index (χ0n) is 15.1. The van der Waals surface area contributed by atoms with E-state index >= 15 is 0 Å². The van der Waals surface area contributed by atoms with E-state index in [2.05, 4.69) is 31.9 Å². The molecule has 0 aliphatic carbocycles. The zero-order valence-corrected chi connectivity index (χ0v) is 19.8. The SMILES string of the molecule is CO/C=C(/C(=O)O)c1ccccc1COc1cc(Cl)c(OCC=C(Br)Br)c(Cl)c1. The predicted octanol–water partition coefficient (Wildman–Crippen LogP) is 6.65. The van der Waals surface area contributed by atoms with Gasteiger partial charge in [-0.05, 0) is 49.1 Å². The van der Waals surface area contributed by atoms with Gasteiger partial charge in [0.15, 0.2) is 5.75 Å². The van der Waals surface area contributed by atoms with Crippen LogP contribution in [0, 0.1) is 0 Å². The minimum absolute atomic E-state index is 0.0255. The highest BCUT2D eigenvalue weighted by Gasteiger charge is 2.16. The predicted molar refractivity (Wildman–Crippen MR) is 121 cm³/mol. The lowest BCUT2D eigenvalue weighted by Gasteiger charge is -2.14. The normalized spacial score (nSPS) is 11.0. The van der Waals surface area contributed by atoms with E-state index in [1.807, 2.05) is 0 Å². The van der Waals surface area contributed by atoms with E-state index in [-0.39, 0.29) is 18.8 Å². The molecule has 0 unspecified atom stereocenters. The van der Waals surface area contributed by atoms with Crippen LogP contribution >= 0.6 is 55.1 Å². The average molecular weight is 567 g/mol. The van der Waals surface area contributed by atoms with Gasteiger partial charge in [-0.25, -0.2) is 4.79 Å². The number of ether oxygens (including phenoxy) is 3. The number of carbonyl (C=O) groups is 1. The highest BCUT2D eigenvalue weighted by Crippen LogP contribution is 2.37. The number of carboxylic acid groups (broad SMARTS) is 1. The van der Waals surface area contributed by atoms with Gasteiger partial charge in [-0.15, -0.1) is 0 Å². The summed E-state index contributed by atoms with van der Waals surface area (Å²) in [4.78, 5) is 11.5. The molecule has 0 radical (unpaired) electrons. The Hall–Kier alpha value is -1.67. The van der Waals surface area contributed by atoms with E-state index in [0.29, 0.717) is 32.7 Å². The Kier molecular flexibility index (Phi) is 9.36. The van der Waals surface area contributed by atoms with Gasteiger partial charge < -0.3 is 19.3 Å². The second-order valence-corrected chi connectivity index (χ2v) is 9.13. The third kappa shape index (κ3) is 6.96. The van der Waals surface area contributed by atoms with Gasteiger partial charge >= 0.3 is 5.97 Å². The number of hydrogen-bond donors (Lipinski definition) is 1. The van der Waals surface area contributed by atoms with Gasteiger partial charge in [0.2, 0.25) is 0 Å². The zero-order chi connectivity index (χ0) is 21.4. The van der Waals surface area contributed by atoms with Crippen molar-refractivity contribution in [3.8, 4) is 11.5 Å². The molecule has 2 rings (SSSR count). The lowest BCUT2D eigenvalue weighted by molar-refractivity contribution is -0.130. The van der Waals surface area contributed by atoms with Gasteiger partial charge in [-0.1, -0.05) is 47.5 Å².